The fourth-order valence-corrected chi connectivity index (χ4v) is 4.20. The smallest absolute Gasteiger partial charge is 0.267 e. The third kappa shape index (κ3) is 2.40. The molecule has 1 aromatic carbocycles. The predicted octanol–water partition coefficient (Wildman–Crippen LogP) is 5.14. The molecule has 0 aliphatic rings. The number of aryl methyl sites for hydroxylation is 2. The van der Waals surface area contributed by atoms with Gasteiger partial charge in [0.15, 0.2) is 4.77 Å². The van der Waals surface area contributed by atoms with Crippen LogP contribution in [0.25, 0.3) is 15.9 Å². The molecule has 0 spiro atoms. The Morgan fingerprint density at radius 1 is 1.38 bits per heavy atom. The van der Waals surface area contributed by atoms with Gasteiger partial charge in [-0.3, -0.25) is 9.36 Å². The largest absolute Gasteiger partial charge is 0.323 e. The van der Waals surface area contributed by atoms with Crippen LogP contribution in [0.15, 0.2) is 27.5 Å². The van der Waals surface area contributed by atoms with E-state index in [9.17, 15) is 4.79 Å². The summed E-state index contributed by atoms with van der Waals surface area (Å²) in [4.78, 5) is 17.9. The molecule has 0 saturated carbocycles. The minimum Gasteiger partial charge on any atom is -0.323 e. The lowest BCUT2D eigenvalue weighted by Gasteiger charge is -2.09. The standard InChI is InChI=1S/C14H10BrClN2OS2/c1-6-7(2)21-12-11(6)13(19)18(14(20)17-12)10-5-8(16)3-4-9(10)15/h3-5H,1-2H3,(H,17,20). The lowest BCUT2D eigenvalue weighted by molar-refractivity contribution is 0.937. The molecule has 3 aromatic rings. The number of nitrogens with zero attached hydrogens (tertiary/aromatic N) is 1. The highest BCUT2D eigenvalue weighted by Gasteiger charge is 2.15. The van der Waals surface area contributed by atoms with Crippen molar-refractivity contribution in [1.82, 2.24) is 9.55 Å². The van der Waals surface area contributed by atoms with Gasteiger partial charge in [0, 0.05) is 14.4 Å². The van der Waals surface area contributed by atoms with Crippen LogP contribution in [0.5, 0.6) is 0 Å². The molecule has 3 nitrogen and oxygen atoms in total. The highest BCUT2D eigenvalue weighted by Crippen LogP contribution is 2.28. The van der Waals surface area contributed by atoms with E-state index < -0.39 is 0 Å². The highest BCUT2D eigenvalue weighted by atomic mass is 79.9. The molecule has 0 fully saturated rings. The molecule has 0 unspecified atom stereocenters. The van der Waals surface area contributed by atoms with Gasteiger partial charge in [-0.1, -0.05) is 11.6 Å². The number of H-pyrrole nitrogens is 1. The van der Waals surface area contributed by atoms with Gasteiger partial charge < -0.3 is 4.98 Å². The second-order valence-corrected chi connectivity index (χ2v) is 7.56. The summed E-state index contributed by atoms with van der Waals surface area (Å²) in [6, 6.07) is 5.28. The Morgan fingerprint density at radius 2 is 2.10 bits per heavy atom. The minimum atomic E-state index is -0.126. The van der Waals surface area contributed by atoms with Crippen LogP contribution in [0.3, 0.4) is 0 Å². The van der Waals surface area contributed by atoms with Crippen LogP contribution in [0, 0.1) is 18.6 Å². The molecule has 2 aromatic heterocycles. The van der Waals surface area contributed by atoms with Gasteiger partial charge in [-0.15, -0.1) is 11.3 Å². The number of benzene rings is 1. The fourth-order valence-electron chi connectivity index (χ4n) is 2.21. The second kappa shape index (κ2) is 5.35. The van der Waals surface area contributed by atoms with Crippen molar-refractivity contribution in [3.05, 3.63) is 53.3 Å². The summed E-state index contributed by atoms with van der Waals surface area (Å²) in [5, 5.41) is 1.23. The molecule has 2 heterocycles. The first-order chi connectivity index (χ1) is 9.90. The van der Waals surface area contributed by atoms with E-state index in [4.69, 9.17) is 23.8 Å². The van der Waals surface area contributed by atoms with Gasteiger partial charge in [-0.2, -0.15) is 0 Å². The molecule has 0 bridgehead atoms. The van der Waals surface area contributed by atoms with Gasteiger partial charge in [0.2, 0.25) is 0 Å². The Labute approximate surface area is 143 Å². The topological polar surface area (TPSA) is 37.8 Å². The van der Waals surface area contributed by atoms with Crippen LogP contribution in [0.4, 0.5) is 0 Å². The summed E-state index contributed by atoms with van der Waals surface area (Å²) in [5.74, 6) is 0. The molecule has 0 aliphatic heterocycles. The number of nitrogens with one attached hydrogen (secondary N) is 1. The van der Waals surface area contributed by atoms with Crippen molar-refractivity contribution >= 4 is 61.3 Å². The Bertz CT molecular complexity index is 987. The van der Waals surface area contributed by atoms with E-state index in [1.54, 1.807) is 29.5 Å². The molecule has 0 amide bonds. The first kappa shape index (κ1) is 15.0. The van der Waals surface area contributed by atoms with Gasteiger partial charge in [-0.25, -0.2) is 0 Å². The van der Waals surface area contributed by atoms with Crippen molar-refractivity contribution in [1.29, 1.82) is 0 Å². The van der Waals surface area contributed by atoms with Crippen LogP contribution in [-0.4, -0.2) is 9.55 Å². The average Bonchev–Trinajstić information content (AvgIpc) is 2.69. The summed E-state index contributed by atoms with van der Waals surface area (Å²) in [5.41, 5.74) is 1.50. The Balaban J connectivity index is 2.49. The molecule has 108 valence electrons. The van der Waals surface area contributed by atoms with Gasteiger partial charge in [0.25, 0.3) is 5.56 Å². The molecule has 3 rings (SSSR count). The number of aromatic nitrogens is 2. The zero-order valence-corrected chi connectivity index (χ0v) is 15.1. The number of thiophene rings is 1. The van der Waals surface area contributed by atoms with Crippen molar-refractivity contribution in [3.8, 4) is 5.69 Å². The number of fused-ring (bicyclic) bond motifs is 1. The fraction of sp³-hybridized carbons (Fsp3) is 0.143. The molecule has 1 N–H and O–H groups in total. The monoisotopic (exact) mass is 400 g/mol. The Hall–Kier alpha value is -0.950. The quantitative estimate of drug-likeness (QED) is 0.573. The summed E-state index contributed by atoms with van der Waals surface area (Å²) in [7, 11) is 0. The number of rotatable bonds is 1. The highest BCUT2D eigenvalue weighted by molar-refractivity contribution is 9.10. The van der Waals surface area contributed by atoms with Crippen LogP contribution < -0.4 is 5.56 Å². The van der Waals surface area contributed by atoms with Crippen molar-refractivity contribution < 1.29 is 0 Å². The van der Waals surface area contributed by atoms with E-state index in [0.29, 0.717) is 20.9 Å². The van der Waals surface area contributed by atoms with Gasteiger partial charge >= 0.3 is 0 Å². The van der Waals surface area contributed by atoms with Crippen molar-refractivity contribution in [2.45, 2.75) is 13.8 Å². The van der Waals surface area contributed by atoms with E-state index in [0.717, 1.165) is 19.7 Å². The Kier molecular flexibility index (Phi) is 3.81. The van der Waals surface area contributed by atoms with E-state index in [2.05, 4.69) is 20.9 Å². The van der Waals surface area contributed by atoms with E-state index in [-0.39, 0.29) is 5.56 Å². The zero-order valence-electron chi connectivity index (χ0n) is 11.2. The third-order valence-corrected chi connectivity index (χ3v) is 5.69. The SMILES string of the molecule is Cc1sc2[nH]c(=S)n(-c3cc(Cl)ccc3Br)c(=O)c2c1C. The Morgan fingerprint density at radius 3 is 2.81 bits per heavy atom. The van der Waals surface area contributed by atoms with Gasteiger partial charge in [0.05, 0.1) is 11.1 Å². The summed E-state index contributed by atoms with van der Waals surface area (Å²) < 4.78 is 2.60. The van der Waals surface area contributed by atoms with Crippen LogP contribution in [-0.2, 0) is 0 Å². The second-order valence-electron chi connectivity index (χ2n) is 4.65. The maximum absolute atomic E-state index is 12.9. The first-order valence-corrected chi connectivity index (χ1v) is 8.50. The third-order valence-electron chi connectivity index (χ3n) is 3.37. The molecule has 7 heteroatoms. The van der Waals surface area contributed by atoms with Gasteiger partial charge in [0.1, 0.15) is 4.83 Å². The van der Waals surface area contributed by atoms with Gasteiger partial charge in [-0.05, 0) is 65.8 Å². The summed E-state index contributed by atoms with van der Waals surface area (Å²) in [6.45, 7) is 3.94. The number of halogens is 2. The first-order valence-electron chi connectivity index (χ1n) is 6.10. The van der Waals surface area contributed by atoms with Crippen molar-refractivity contribution in [2.24, 2.45) is 0 Å². The minimum absolute atomic E-state index is 0.126. The molecule has 21 heavy (non-hydrogen) atoms. The zero-order chi connectivity index (χ0) is 15.3. The lowest BCUT2D eigenvalue weighted by Crippen LogP contribution is -2.20. The van der Waals surface area contributed by atoms with E-state index in [1.807, 2.05) is 13.8 Å². The van der Waals surface area contributed by atoms with Crippen molar-refractivity contribution in [2.75, 3.05) is 0 Å². The number of aromatic amines is 1. The number of hydrogen-bond donors (Lipinski definition) is 1. The molecule has 0 saturated heterocycles. The summed E-state index contributed by atoms with van der Waals surface area (Å²) in [6.07, 6.45) is 0. The lowest BCUT2D eigenvalue weighted by atomic mass is 10.2. The van der Waals surface area contributed by atoms with Crippen LogP contribution in [0.1, 0.15) is 10.4 Å². The van der Waals surface area contributed by atoms with Crippen LogP contribution >= 0.6 is 51.1 Å². The molecule has 0 radical (unpaired) electrons. The molecule has 0 aliphatic carbocycles. The average molecular weight is 402 g/mol. The maximum atomic E-state index is 12.9. The maximum Gasteiger partial charge on any atom is 0.267 e. The normalized spacial score (nSPS) is 11.2. The van der Waals surface area contributed by atoms with E-state index >= 15 is 0 Å². The predicted molar refractivity (Wildman–Crippen MR) is 94.8 cm³/mol. The van der Waals surface area contributed by atoms with Crippen molar-refractivity contribution in [3.63, 3.8) is 0 Å². The van der Waals surface area contributed by atoms with Crippen LogP contribution in [0.2, 0.25) is 5.02 Å². The molecular weight excluding hydrogens is 392 g/mol. The van der Waals surface area contributed by atoms with E-state index in [1.165, 1.54) is 4.57 Å². The number of hydrogen-bond acceptors (Lipinski definition) is 3. The molecular formula is C14H10BrClN2OS2. The molecule has 0 atom stereocenters. The summed E-state index contributed by atoms with van der Waals surface area (Å²) >= 11 is 16.4.